The highest BCUT2D eigenvalue weighted by Crippen LogP contribution is 2.26. The van der Waals surface area contributed by atoms with Gasteiger partial charge in [0.2, 0.25) is 0 Å². The topological polar surface area (TPSA) is 32.3 Å². The summed E-state index contributed by atoms with van der Waals surface area (Å²) >= 11 is 11.9. The van der Waals surface area contributed by atoms with Crippen molar-refractivity contribution in [1.82, 2.24) is 5.32 Å². The molecule has 0 aromatic heterocycles. The second kappa shape index (κ2) is 6.45. The molecule has 1 aromatic carbocycles. The minimum absolute atomic E-state index is 0.152. The average Bonchev–Trinajstić information content (AvgIpc) is 2.25. The van der Waals surface area contributed by atoms with E-state index in [9.17, 15) is 0 Å². The van der Waals surface area contributed by atoms with Crippen LogP contribution in [0, 0.1) is 5.92 Å². The SMILES string of the molecule is CC(CO)CNC(C)c1ccc(Cl)cc1Cl. The maximum Gasteiger partial charge on any atom is 0.0468 e. The number of hydrogen-bond donors (Lipinski definition) is 2. The minimum atomic E-state index is 0.152. The number of hydrogen-bond acceptors (Lipinski definition) is 2. The van der Waals surface area contributed by atoms with Gasteiger partial charge in [-0.15, -0.1) is 0 Å². The van der Waals surface area contributed by atoms with Gasteiger partial charge in [-0.1, -0.05) is 36.2 Å². The second-order valence-corrected chi connectivity index (χ2v) is 4.93. The molecule has 0 amide bonds. The van der Waals surface area contributed by atoms with Crippen molar-refractivity contribution in [2.45, 2.75) is 19.9 Å². The quantitative estimate of drug-likeness (QED) is 0.853. The van der Waals surface area contributed by atoms with Crippen LogP contribution in [0.25, 0.3) is 0 Å². The molecule has 0 saturated heterocycles. The number of aliphatic hydroxyl groups is 1. The van der Waals surface area contributed by atoms with Gasteiger partial charge >= 0.3 is 0 Å². The van der Waals surface area contributed by atoms with Crippen LogP contribution in [0.3, 0.4) is 0 Å². The van der Waals surface area contributed by atoms with Crippen LogP contribution in [-0.2, 0) is 0 Å². The zero-order chi connectivity index (χ0) is 12.1. The van der Waals surface area contributed by atoms with Crippen LogP contribution >= 0.6 is 23.2 Å². The number of benzene rings is 1. The van der Waals surface area contributed by atoms with E-state index in [1.54, 1.807) is 6.07 Å². The van der Waals surface area contributed by atoms with Crippen molar-refractivity contribution in [2.75, 3.05) is 13.2 Å². The van der Waals surface area contributed by atoms with Crippen LogP contribution in [0.4, 0.5) is 0 Å². The molecule has 0 aliphatic rings. The van der Waals surface area contributed by atoms with E-state index in [0.717, 1.165) is 12.1 Å². The van der Waals surface area contributed by atoms with Crippen LogP contribution < -0.4 is 5.32 Å². The third-order valence-electron chi connectivity index (χ3n) is 2.51. The molecule has 0 aliphatic heterocycles. The Morgan fingerprint density at radius 2 is 2.00 bits per heavy atom. The molecule has 0 radical (unpaired) electrons. The summed E-state index contributed by atoms with van der Waals surface area (Å²) in [6.45, 7) is 4.98. The largest absolute Gasteiger partial charge is 0.396 e. The first-order valence-corrected chi connectivity index (χ1v) is 6.09. The van der Waals surface area contributed by atoms with Crippen LogP contribution in [0.1, 0.15) is 25.5 Å². The van der Waals surface area contributed by atoms with Crippen LogP contribution in [-0.4, -0.2) is 18.3 Å². The lowest BCUT2D eigenvalue weighted by molar-refractivity contribution is 0.231. The van der Waals surface area contributed by atoms with E-state index in [1.165, 1.54) is 0 Å². The molecular weight excluding hydrogens is 245 g/mol. The Morgan fingerprint density at radius 1 is 1.31 bits per heavy atom. The molecule has 0 heterocycles. The van der Waals surface area contributed by atoms with Crippen molar-refractivity contribution < 1.29 is 5.11 Å². The molecule has 90 valence electrons. The van der Waals surface area contributed by atoms with Crippen molar-refractivity contribution in [3.63, 3.8) is 0 Å². The van der Waals surface area contributed by atoms with Gasteiger partial charge in [-0.3, -0.25) is 0 Å². The number of aliphatic hydroxyl groups excluding tert-OH is 1. The van der Waals surface area contributed by atoms with Crippen molar-refractivity contribution in [3.8, 4) is 0 Å². The fraction of sp³-hybridized carbons (Fsp3) is 0.500. The summed E-state index contributed by atoms with van der Waals surface area (Å²) in [6, 6.07) is 5.65. The van der Waals surface area contributed by atoms with Gasteiger partial charge in [0.05, 0.1) is 0 Å². The van der Waals surface area contributed by atoms with Crippen LogP contribution in [0.2, 0.25) is 10.0 Å². The zero-order valence-electron chi connectivity index (χ0n) is 9.50. The predicted octanol–water partition coefficient (Wildman–Crippen LogP) is 3.27. The molecule has 1 aromatic rings. The normalized spacial score (nSPS) is 14.8. The summed E-state index contributed by atoms with van der Waals surface area (Å²) in [7, 11) is 0. The van der Waals surface area contributed by atoms with E-state index in [0.29, 0.717) is 10.0 Å². The van der Waals surface area contributed by atoms with E-state index in [-0.39, 0.29) is 18.6 Å². The number of rotatable bonds is 5. The summed E-state index contributed by atoms with van der Waals surface area (Å²) in [4.78, 5) is 0. The predicted molar refractivity (Wildman–Crippen MR) is 69.1 cm³/mol. The molecule has 16 heavy (non-hydrogen) atoms. The molecule has 2 N–H and O–H groups in total. The smallest absolute Gasteiger partial charge is 0.0468 e. The van der Waals surface area contributed by atoms with Crippen molar-refractivity contribution in [1.29, 1.82) is 0 Å². The lowest BCUT2D eigenvalue weighted by Gasteiger charge is -2.18. The van der Waals surface area contributed by atoms with Gasteiger partial charge in [-0.05, 0) is 30.5 Å². The Morgan fingerprint density at radius 3 is 2.56 bits per heavy atom. The molecule has 0 fully saturated rings. The Bertz CT molecular complexity index is 344. The summed E-state index contributed by atoms with van der Waals surface area (Å²) in [5.41, 5.74) is 1.02. The van der Waals surface area contributed by atoms with E-state index < -0.39 is 0 Å². The van der Waals surface area contributed by atoms with Crippen LogP contribution in [0.5, 0.6) is 0 Å². The highest BCUT2D eigenvalue weighted by atomic mass is 35.5. The highest BCUT2D eigenvalue weighted by Gasteiger charge is 2.10. The fourth-order valence-electron chi connectivity index (χ4n) is 1.41. The van der Waals surface area contributed by atoms with Gasteiger partial charge in [0.25, 0.3) is 0 Å². The second-order valence-electron chi connectivity index (χ2n) is 4.08. The molecule has 0 aliphatic carbocycles. The molecule has 2 unspecified atom stereocenters. The molecule has 2 nitrogen and oxygen atoms in total. The van der Waals surface area contributed by atoms with Gasteiger partial charge in [0.1, 0.15) is 0 Å². The fourth-order valence-corrected chi connectivity index (χ4v) is 1.98. The molecule has 2 atom stereocenters. The van der Waals surface area contributed by atoms with E-state index in [1.807, 2.05) is 26.0 Å². The summed E-state index contributed by atoms with van der Waals surface area (Å²) in [6.07, 6.45) is 0. The van der Waals surface area contributed by atoms with Crippen LogP contribution in [0.15, 0.2) is 18.2 Å². The highest BCUT2D eigenvalue weighted by molar-refractivity contribution is 6.35. The molecule has 1 rings (SSSR count). The van der Waals surface area contributed by atoms with E-state index >= 15 is 0 Å². The average molecular weight is 262 g/mol. The van der Waals surface area contributed by atoms with Crippen molar-refractivity contribution >= 4 is 23.2 Å². The molecule has 4 heteroatoms. The van der Waals surface area contributed by atoms with Crippen molar-refractivity contribution in [3.05, 3.63) is 33.8 Å². The Labute approximate surface area is 107 Å². The maximum atomic E-state index is 8.93. The first-order chi connectivity index (χ1) is 7.54. The molecular formula is C12H17Cl2NO. The lowest BCUT2D eigenvalue weighted by Crippen LogP contribution is -2.26. The van der Waals surface area contributed by atoms with Gasteiger partial charge in [-0.2, -0.15) is 0 Å². The third kappa shape index (κ3) is 3.95. The first kappa shape index (κ1) is 13.8. The number of nitrogens with one attached hydrogen (secondary N) is 1. The van der Waals surface area contributed by atoms with E-state index in [2.05, 4.69) is 5.32 Å². The maximum absolute atomic E-state index is 8.93. The summed E-state index contributed by atoms with van der Waals surface area (Å²) in [5, 5.41) is 13.6. The lowest BCUT2D eigenvalue weighted by atomic mass is 10.1. The minimum Gasteiger partial charge on any atom is -0.396 e. The number of halogens is 2. The Balaban J connectivity index is 2.62. The van der Waals surface area contributed by atoms with Gasteiger partial charge in [0.15, 0.2) is 0 Å². The van der Waals surface area contributed by atoms with Crippen molar-refractivity contribution in [2.24, 2.45) is 5.92 Å². The first-order valence-electron chi connectivity index (χ1n) is 5.33. The van der Waals surface area contributed by atoms with E-state index in [4.69, 9.17) is 28.3 Å². The Hall–Kier alpha value is -0.280. The summed E-state index contributed by atoms with van der Waals surface area (Å²) in [5.74, 6) is 0.244. The zero-order valence-corrected chi connectivity index (χ0v) is 11.0. The monoisotopic (exact) mass is 261 g/mol. The molecule has 0 bridgehead atoms. The van der Waals surface area contributed by atoms with Gasteiger partial charge < -0.3 is 10.4 Å². The van der Waals surface area contributed by atoms with Gasteiger partial charge in [-0.25, -0.2) is 0 Å². The Kier molecular flexibility index (Phi) is 5.56. The molecule has 0 saturated carbocycles. The third-order valence-corrected chi connectivity index (χ3v) is 3.08. The molecule has 0 spiro atoms. The standard InChI is InChI=1S/C12H17Cl2NO/c1-8(7-16)6-15-9(2)11-4-3-10(13)5-12(11)14/h3-5,8-9,15-16H,6-7H2,1-2H3. The summed E-state index contributed by atoms with van der Waals surface area (Å²) < 4.78 is 0. The van der Waals surface area contributed by atoms with Gasteiger partial charge in [0, 0.05) is 29.2 Å².